The average Bonchev–Trinajstić information content (AvgIpc) is 3.45. The van der Waals surface area contributed by atoms with Gasteiger partial charge < -0.3 is 25.0 Å². The number of phenols is 1. The number of nitrogens with zero attached hydrogens (tertiary/aromatic N) is 2. The maximum Gasteiger partial charge on any atom is 0.335 e. The third-order valence-corrected chi connectivity index (χ3v) is 6.88. The average molecular weight is 542 g/mol. The van der Waals surface area contributed by atoms with E-state index in [1.54, 1.807) is 37.4 Å². The van der Waals surface area contributed by atoms with E-state index >= 15 is 0 Å². The molecule has 2 heterocycles. The van der Waals surface area contributed by atoms with Crippen molar-refractivity contribution in [1.29, 1.82) is 0 Å². The molecule has 4 N–H and O–H groups in total. The Bertz CT molecular complexity index is 1710. The van der Waals surface area contributed by atoms with Crippen molar-refractivity contribution in [3.8, 4) is 11.5 Å². The van der Waals surface area contributed by atoms with Crippen LogP contribution in [-0.2, 0) is 15.0 Å². The number of H-pyrrole nitrogens is 1. The molecule has 1 aliphatic heterocycles. The molecule has 204 valence electrons. The number of hydrogen-bond donors (Lipinski definition) is 4. The summed E-state index contributed by atoms with van der Waals surface area (Å²) in [5.41, 5.74) is 1.80. The molecule has 1 saturated heterocycles. The third kappa shape index (κ3) is 4.43. The predicted octanol–water partition coefficient (Wildman–Crippen LogP) is 4.90. The lowest BCUT2D eigenvalue weighted by Crippen LogP contribution is -2.30. The molecule has 40 heavy (non-hydrogen) atoms. The van der Waals surface area contributed by atoms with Crippen LogP contribution < -0.4 is 9.64 Å². The first kappa shape index (κ1) is 26.5. The van der Waals surface area contributed by atoms with Gasteiger partial charge in [-0.2, -0.15) is 0 Å². The molecule has 1 atom stereocenters. The van der Waals surface area contributed by atoms with Crippen molar-refractivity contribution in [2.45, 2.75) is 32.2 Å². The fourth-order valence-corrected chi connectivity index (χ4v) is 4.86. The van der Waals surface area contributed by atoms with E-state index in [9.17, 15) is 29.7 Å². The summed E-state index contributed by atoms with van der Waals surface area (Å²) in [6, 6.07) is 14.1. The lowest BCUT2D eigenvalue weighted by atomic mass is 9.84. The highest BCUT2D eigenvalue weighted by atomic mass is 16.5. The van der Waals surface area contributed by atoms with Gasteiger partial charge in [0, 0.05) is 11.1 Å². The smallest absolute Gasteiger partial charge is 0.335 e. The Kier molecular flexibility index (Phi) is 6.33. The third-order valence-electron chi connectivity index (χ3n) is 6.88. The molecule has 1 aliphatic rings. The monoisotopic (exact) mass is 541 g/mol. The van der Waals surface area contributed by atoms with Crippen molar-refractivity contribution < 1.29 is 34.4 Å². The van der Waals surface area contributed by atoms with E-state index in [0.29, 0.717) is 27.9 Å². The number of anilines is 1. The number of ether oxygens (including phenoxy) is 1. The van der Waals surface area contributed by atoms with E-state index in [4.69, 9.17) is 4.74 Å². The van der Waals surface area contributed by atoms with E-state index in [1.807, 2.05) is 20.8 Å². The number of rotatable bonds is 5. The maximum absolute atomic E-state index is 13.5. The minimum Gasteiger partial charge on any atom is -0.508 e. The second-order valence-electron chi connectivity index (χ2n) is 10.5. The standard InChI is InChI=1S/C30H27N3O7/c1-30(2,3)19-13-16(8-12-22(19)40-4)25(35)23-24(15-5-9-18(34)10-6-15)33(27(37)26(23)36)29-31-20-11-7-17(28(38)39)14-21(20)32-29/h5-14,24,34-35H,1-4H3,(H,31,32)(H,38,39)/b25-23+. The number of aliphatic hydroxyl groups excluding tert-OH is 1. The number of hydrogen-bond acceptors (Lipinski definition) is 7. The van der Waals surface area contributed by atoms with Gasteiger partial charge in [0.05, 0.1) is 35.3 Å². The van der Waals surface area contributed by atoms with Crippen LogP contribution in [0.2, 0.25) is 0 Å². The van der Waals surface area contributed by atoms with Crippen LogP contribution in [0.4, 0.5) is 5.95 Å². The number of methoxy groups -OCH3 is 1. The van der Waals surface area contributed by atoms with Crippen molar-refractivity contribution in [2.24, 2.45) is 0 Å². The van der Waals surface area contributed by atoms with E-state index in [0.717, 1.165) is 10.5 Å². The number of aromatic hydroxyl groups is 1. The number of ketones is 1. The van der Waals surface area contributed by atoms with Crippen molar-refractivity contribution in [2.75, 3.05) is 12.0 Å². The molecule has 1 fully saturated rings. The van der Waals surface area contributed by atoms with Crippen molar-refractivity contribution >= 4 is 40.4 Å². The first-order valence-corrected chi connectivity index (χ1v) is 12.4. The minimum absolute atomic E-state index is 0.00174. The van der Waals surface area contributed by atoms with Crippen LogP contribution in [0.1, 0.15) is 53.9 Å². The van der Waals surface area contributed by atoms with Gasteiger partial charge in [0.25, 0.3) is 5.78 Å². The number of aromatic amines is 1. The van der Waals surface area contributed by atoms with E-state index in [2.05, 4.69) is 9.97 Å². The van der Waals surface area contributed by atoms with Gasteiger partial charge in [-0.1, -0.05) is 32.9 Å². The van der Waals surface area contributed by atoms with Gasteiger partial charge in [0.1, 0.15) is 17.3 Å². The summed E-state index contributed by atoms with van der Waals surface area (Å²) < 4.78 is 5.50. The normalized spacial score (nSPS) is 17.0. The highest BCUT2D eigenvalue weighted by Crippen LogP contribution is 2.43. The number of carboxylic acid groups (broad SMARTS) is 1. The number of carbonyl (C=O) groups is 3. The zero-order valence-corrected chi connectivity index (χ0v) is 22.2. The van der Waals surface area contributed by atoms with Crippen LogP contribution in [-0.4, -0.2) is 50.1 Å². The summed E-state index contributed by atoms with van der Waals surface area (Å²) in [6.07, 6.45) is 0. The number of benzene rings is 3. The van der Waals surface area contributed by atoms with Crippen LogP contribution in [0.25, 0.3) is 16.8 Å². The maximum atomic E-state index is 13.5. The largest absolute Gasteiger partial charge is 0.508 e. The molecule has 1 amide bonds. The number of aromatic carboxylic acids is 1. The highest BCUT2D eigenvalue weighted by molar-refractivity contribution is 6.51. The van der Waals surface area contributed by atoms with Crippen LogP contribution in [0.5, 0.6) is 11.5 Å². The first-order valence-electron chi connectivity index (χ1n) is 12.4. The van der Waals surface area contributed by atoms with Gasteiger partial charge in [-0.15, -0.1) is 0 Å². The molecule has 1 aromatic heterocycles. The molecule has 10 nitrogen and oxygen atoms in total. The number of carboxylic acids is 1. The number of phenolic OH excluding ortho intramolecular Hbond substituents is 1. The molecule has 4 aromatic rings. The van der Waals surface area contributed by atoms with Gasteiger partial charge in [0.2, 0.25) is 5.95 Å². The number of amides is 1. The summed E-state index contributed by atoms with van der Waals surface area (Å²) in [7, 11) is 1.55. The molecule has 0 spiro atoms. The Morgan fingerprint density at radius 3 is 2.27 bits per heavy atom. The van der Waals surface area contributed by atoms with Gasteiger partial charge in [-0.25, -0.2) is 9.78 Å². The molecule has 1 unspecified atom stereocenters. The number of aliphatic hydroxyl groups is 1. The fraction of sp³-hybridized carbons (Fsp3) is 0.200. The summed E-state index contributed by atoms with van der Waals surface area (Å²) >= 11 is 0. The molecule has 3 aromatic carbocycles. The zero-order valence-electron chi connectivity index (χ0n) is 22.2. The second-order valence-corrected chi connectivity index (χ2v) is 10.5. The molecule has 0 radical (unpaired) electrons. The number of aromatic nitrogens is 2. The van der Waals surface area contributed by atoms with Crippen molar-refractivity contribution in [3.63, 3.8) is 0 Å². The molecular formula is C30H27N3O7. The number of Topliss-reactive ketones (excluding diaryl/α,β-unsaturated/α-hetero) is 1. The number of nitrogens with one attached hydrogen (secondary N) is 1. The molecule has 10 heteroatoms. The van der Waals surface area contributed by atoms with Crippen LogP contribution in [0.15, 0.2) is 66.2 Å². The Morgan fingerprint density at radius 2 is 1.65 bits per heavy atom. The predicted molar refractivity (Wildman–Crippen MR) is 148 cm³/mol. The van der Waals surface area contributed by atoms with Gasteiger partial charge in [-0.05, 0) is 59.5 Å². The number of imidazole rings is 1. The summed E-state index contributed by atoms with van der Waals surface area (Å²) in [5.74, 6) is -2.76. The zero-order chi connectivity index (χ0) is 28.9. The van der Waals surface area contributed by atoms with Crippen LogP contribution in [0.3, 0.4) is 0 Å². The van der Waals surface area contributed by atoms with Crippen molar-refractivity contribution in [1.82, 2.24) is 9.97 Å². The molecule has 5 rings (SSSR count). The summed E-state index contributed by atoms with van der Waals surface area (Å²) in [4.78, 5) is 47.0. The lowest BCUT2D eigenvalue weighted by molar-refractivity contribution is -0.132. The van der Waals surface area contributed by atoms with Gasteiger partial charge >= 0.3 is 11.9 Å². The summed E-state index contributed by atoms with van der Waals surface area (Å²) in [5, 5.41) is 30.8. The Balaban J connectivity index is 1.72. The van der Waals surface area contributed by atoms with E-state index in [-0.39, 0.29) is 34.0 Å². The van der Waals surface area contributed by atoms with Crippen LogP contribution in [0, 0.1) is 0 Å². The van der Waals surface area contributed by atoms with Gasteiger partial charge in [0.15, 0.2) is 0 Å². The quantitative estimate of drug-likeness (QED) is 0.158. The Hall–Kier alpha value is -5.12. The van der Waals surface area contributed by atoms with E-state index in [1.165, 1.54) is 30.3 Å². The van der Waals surface area contributed by atoms with E-state index < -0.39 is 23.7 Å². The van der Waals surface area contributed by atoms with Crippen LogP contribution >= 0.6 is 0 Å². The number of carbonyl (C=O) groups excluding carboxylic acids is 2. The molecule has 0 aliphatic carbocycles. The molecular weight excluding hydrogens is 514 g/mol. The minimum atomic E-state index is -1.13. The van der Waals surface area contributed by atoms with Crippen molar-refractivity contribution in [3.05, 3.63) is 88.5 Å². The summed E-state index contributed by atoms with van der Waals surface area (Å²) in [6.45, 7) is 5.96. The molecule has 0 bridgehead atoms. The second kappa shape index (κ2) is 9.57. The Labute approximate surface area is 229 Å². The number of fused-ring (bicyclic) bond motifs is 1. The first-order chi connectivity index (χ1) is 18.9. The molecule has 0 saturated carbocycles. The fourth-order valence-electron chi connectivity index (χ4n) is 4.86. The highest BCUT2D eigenvalue weighted by Gasteiger charge is 2.48. The lowest BCUT2D eigenvalue weighted by Gasteiger charge is -2.24. The Morgan fingerprint density at radius 1 is 0.975 bits per heavy atom. The SMILES string of the molecule is COc1ccc(/C(O)=C2\C(=O)C(=O)N(c3nc4ccc(C(=O)O)cc4[nH]3)C2c2ccc(O)cc2)cc1C(C)(C)C. The van der Waals surface area contributed by atoms with Gasteiger partial charge in [-0.3, -0.25) is 14.5 Å². The topological polar surface area (TPSA) is 153 Å².